The van der Waals surface area contributed by atoms with Crippen LogP contribution in [0.4, 0.5) is 4.79 Å². The lowest BCUT2D eigenvalue weighted by atomic mass is 10.1. The average Bonchev–Trinajstić information content (AvgIpc) is 3.27. The van der Waals surface area contributed by atoms with E-state index in [1.165, 1.54) is 7.11 Å². The zero-order valence-electron chi connectivity index (χ0n) is 15.1. The highest BCUT2D eigenvalue weighted by Crippen LogP contribution is 2.41. The van der Waals surface area contributed by atoms with Crippen LogP contribution in [0.3, 0.4) is 0 Å². The Morgan fingerprint density at radius 1 is 1.21 bits per heavy atom. The van der Waals surface area contributed by atoms with Gasteiger partial charge in [-0.25, -0.2) is 0 Å². The molecule has 2 aromatic carbocycles. The molecule has 9 heteroatoms. The van der Waals surface area contributed by atoms with Crippen LogP contribution in [0.15, 0.2) is 41.3 Å². The fourth-order valence-electron chi connectivity index (χ4n) is 2.88. The van der Waals surface area contributed by atoms with E-state index >= 15 is 0 Å². The van der Waals surface area contributed by atoms with Crippen LogP contribution in [0, 0.1) is 0 Å². The van der Waals surface area contributed by atoms with Gasteiger partial charge in [0.15, 0.2) is 17.3 Å². The van der Waals surface area contributed by atoms with Gasteiger partial charge in [0.1, 0.15) is 5.75 Å². The van der Waals surface area contributed by atoms with Crippen LogP contribution in [0.1, 0.15) is 15.9 Å². The quantitative estimate of drug-likeness (QED) is 0.522. The molecule has 2 aromatic rings. The highest BCUT2D eigenvalue weighted by molar-refractivity contribution is 8.18. The van der Waals surface area contributed by atoms with Crippen molar-refractivity contribution in [2.45, 2.75) is 0 Å². The molecule has 1 saturated heterocycles. The standard InChI is InChI=1S/C20H14ClNO6S/c1-26-15-8-17-16(27-10-28-17)6-12(15)7-18-19(24)22(20(25)29-18)9-14(23)11-2-4-13(21)5-3-11/h2-8H,9-10H2,1H3. The van der Waals surface area contributed by atoms with E-state index < -0.39 is 11.1 Å². The summed E-state index contributed by atoms with van der Waals surface area (Å²) in [6.07, 6.45) is 1.54. The first-order valence-corrected chi connectivity index (χ1v) is 9.67. The number of fused-ring (bicyclic) bond motifs is 1. The Bertz CT molecular complexity index is 1050. The van der Waals surface area contributed by atoms with Crippen molar-refractivity contribution in [2.24, 2.45) is 0 Å². The van der Waals surface area contributed by atoms with Crippen molar-refractivity contribution in [3.63, 3.8) is 0 Å². The van der Waals surface area contributed by atoms with E-state index in [9.17, 15) is 14.4 Å². The van der Waals surface area contributed by atoms with E-state index in [1.54, 1.807) is 42.5 Å². The largest absolute Gasteiger partial charge is 0.496 e. The van der Waals surface area contributed by atoms with Gasteiger partial charge < -0.3 is 14.2 Å². The van der Waals surface area contributed by atoms with Crippen molar-refractivity contribution in [3.8, 4) is 17.2 Å². The zero-order valence-corrected chi connectivity index (χ0v) is 16.7. The number of Topliss-reactive ketones (excluding diaryl/α,β-unsaturated/α-hetero) is 1. The third-order valence-electron chi connectivity index (χ3n) is 4.35. The maximum atomic E-state index is 12.7. The predicted molar refractivity (Wildman–Crippen MR) is 108 cm³/mol. The molecular weight excluding hydrogens is 418 g/mol. The molecule has 148 valence electrons. The van der Waals surface area contributed by atoms with Gasteiger partial charge in [0, 0.05) is 22.2 Å². The number of thioether (sulfide) groups is 1. The molecule has 0 aromatic heterocycles. The first-order valence-electron chi connectivity index (χ1n) is 8.48. The van der Waals surface area contributed by atoms with Gasteiger partial charge >= 0.3 is 0 Å². The lowest BCUT2D eigenvalue weighted by Crippen LogP contribution is -2.33. The fraction of sp³-hybridized carbons (Fsp3) is 0.150. The molecule has 0 atom stereocenters. The summed E-state index contributed by atoms with van der Waals surface area (Å²) in [6, 6.07) is 9.59. The number of nitrogens with zero attached hydrogens (tertiary/aromatic N) is 1. The number of imide groups is 1. The van der Waals surface area contributed by atoms with Gasteiger partial charge in [-0.15, -0.1) is 0 Å². The summed E-state index contributed by atoms with van der Waals surface area (Å²) in [5.41, 5.74) is 0.932. The number of halogens is 1. The van der Waals surface area contributed by atoms with Gasteiger partial charge in [-0.1, -0.05) is 11.6 Å². The molecule has 4 rings (SSSR count). The van der Waals surface area contributed by atoms with E-state index in [0.717, 1.165) is 16.7 Å². The topological polar surface area (TPSA) is 82.1 Å². The number of hydrogen-bond donors (Lipinski definition) is 0. The molecule has 2 aliphatic rings. The Labute approximate surface area is 175 Å². The van der Waals surface area contributed by atoms with Crippen molar-refractivity contribution in [1.82, 2.24) is 4.90 Å². The third kappa shape index (κ3) is 3.81. The van der Waals surface area contributed by atoms with E-state index in [4.69, 9.17) is 25.8 Å². The molecule has 0 spiro atoms. The summed E-state index contributed by atoms with van der Waals surface area (Å²) >= 11 is 6.59. The average molecular weight is 432 g/mol. The van der Waals surface area contributed by atoms with Crippen LogP contribution in [0.2, 0.25) is 5.02 Å². The summed E-state index contributed by atoms with van der Waals surface area (Å²) in [5.74, 6) is 0.640. The number of hydrogen-bond acceptors (Lipinski definition) is 7. The number of benzene rings is 2. The van der Waals surface area contributed by atoms with Crippen molar-refractivity contribution in [1.29, 1.82) is 0 Å². The number of methoxy groups -OCH3 is 1. The Kier molecular flexibility index (Phi) is 5.21. The van der Waals surface area contributed by atoms with E-state index in [-0.39, 0.29) is 24.0 Å². The van der Waals surface area contributed by atoms with Gasteiger partial charge in [0.2, 0.25) is 6.79 Å². The van der Waals surface area contributed by atoms with E-state index in [0.29, 0.717) is 33.4 Å². The van der Waals surface area contributed by atoms with Crippen LogP contribution in [-0.4, -0.2) is 42.3 Å². The molecule has 1 fully saturated rings. The van der Waals surface area contributed by atoms with Crippen LogP contribution in [-0.2, 0) is 4.79 Å². The second kappa shape index (κ2) is 7.81. The molecule has 29 heavy (non-hydrogen) atoms. The third-order valence-corrected chi connectivity index (χ3v) is 5.51. The number of carbonyl (C=O) groups excluding carboxylic acids is 3. The summed E-state index contributed by atoms with van der Waals surface area (Å²) in [5, 5.41) is -0.0170. The van der Waals surface area contributed by atoms with Crippen molar-refractivity contribution >= 4 is 46.4 Å². The second-order valence-electron chi connectivity index (χ2n) is 6.15. The van der Waals surface area contributed by atoms with Gasteiger partial charge in [0.25, 0.3) is 11.1 Å². The molecule has 0 aliphatic carbocycles. The van der Waals surface area contributed by atoms with Crippen molar-refractivity contribution in [2.75, 3.05) is 20.4 Å². The molecule has 0 saturated carbocycles. The highest BCUT2D eigenvalue weighted by Gasteiger charge is 2.36. The number of carbonyl (C=O) groups is 3. The van der Waals surface area contributed by atoms with Gasteiger partial charge in [-0.05, 0) is 48.2 Å². The van der Waals surface area contributed by atoms with Crippen LogP contribution >= 0.6 is 23.4 Å². The van der Waals surface area contributed by atoms with Gasteiger partial charge in [-0.2, -0.15) is 0 Å². The first kappa shape index (κ1) is 19.4. The van der Waals surface area contributed by atoms with E-state index in [2.05, 4.69) is 0 Å². The first-order chi connectivity index (χ1) is 14.0. The number of rotatable bonds is 5. The lowest BCUT2D eigenvalue weighted by Gasteiger charge is -2.11. The van der Waals surface area contributed by atoms with Crippen LogP contribution in [0.25, 0.3) is 6.08 Å². The molecule has 0 radical (unpaired) electrons. The monoisotopic (exact) mass is 431 g/mol. The number of amides is 2. The maximum absolute atomic E-state index is 12.7. The Balaban J connectivity index is 1.57. The minimum Gasteiger partial charge on any atom is -0.496 e. The fourth-order valence-corrected chi connectivity index (χ4v) is 3.83. The zero-order chi connectivity index (χ0) is 20.5. The molecule has 2 heterocycles. The number of ether oxygens (including phenoxy) is 3. The molecule has 0 unspecified atom stereocenters. The summed E-state index contributed by atoms with van der Waals surface area (Å²) in [6.45, 7) is -0.243. The van der Waals surface area contributed by atoms with Crippen LogP contribution < -0.4 is 14.2 Å². The molecule has 2 amide bonds. The van der Waals surface area contributed by atoms with E-state index in [1.807, 2.05) is 0 Å². The number of ketones is 1. The Hall–Kier alpha value is -2.97. The molecule has 7 nitrogen and oxygen atoms in total. The second-order valence-corrected chi connectivity index (χ2v) is 7.57. The van der Waals surface area contributed by atoms with Crippen LogP contribution in [0.5, 0.6) is 17.2 Å². The highest BCUT2D eigenvalue weighted by atomic mass is 35.5. The molecule has 0 N–H and O–H groups in total. The Morgan fingerprint density at radius 3 is 2.59 bits per heavy atom. The smallest absolute Gasteiger partial charge is 0.293 e. The Morgan fingerprint density at radius 2 is 1.90 bits per heavy atom. The minimum absolute atomic E-state index is 0.102. The summed E-state index contributed by atoms with van der Waals surface area (Å²) < 4.78 is 16.0. The van der Waals surface area contributed by atoms with Crippen molar-refractivity contribution < 1.29 is 28.6 Å². The summed E-state index contributed by atoms with van der Waals surface area (Å²) in [7, 11) is 1.49. The van der Waals surface area contributed by atoms with Crippen molar-refractivity contribution in [3.05, 3.63) is 57.5 Å². The maximum Gasteiger partial charge on any atom is 0.293 e. The van der Waals surface area contributed by atoms with Gasteiger partial charge in [-0.3, -0.25) is 19.3 Å². The van der Waals surface area contributed by atoms with Gasteiger partial charge in [0.05, 0.1) is 18.6 Å². The molecular formula is C20H14ClNO6S. The normalized spacial score (nSPS) is 16.6. The minimum atomic E-state index is -0.540. The lowest BCUT2D eigenvalue weighted by molar-refractivity contribution is -0.122. The molecule has 2 aliphatic heterocycles. The SMILES string of the molecule is COc1cc2c(cc1C=C1SC(=O)N(CC(=O)c3ccc(Cl)cc3)C1=O)OCO2. The predicted octanol–water partition coefficient (Wildman–Crippen LogP) is 4.00. The summed E-state index contributed by atoms with van der Waals surface area (Å²) in [4.78, 5) is 38.6. The molecule has 0 bridgehead atoms.